The molecule has 0 unspecified atom stereocenters. The van der Waals surface area contributed by atoms with Crippen molar-refractivity contribution in [2.75, 3.05) is 25.5 Å². The van der Waals surface area contributed by atoms with Gasteiger partial charge in [-0.3, -0.25) is 19.4 Å². The summed E-state index contributed by atoms with van der Waals surface area (Å²) in [5, 5.41) is 11.2. The van der Waals surface area contributed by atoms with Gasteiger partial charge in [0.2, 0.25) is 18.2 Å². The lowest BCUT2D eigenvalue weighted by Gasteiger charge is -2.47. The highest BCUT2D eigenvalue weighted by Gasteiger charge is 2.52. The van der Waals surface area contributed by atoms with Crippen LogP contribution in [0.5, 0.6) is 5.75 Å². The van der Waals surface area contributed by atoms with E-state index in [1.54, 1.807) is 29.2 Å². The van der Waals surface area contributed by atoms with Crippen LogP contribution in [0.1, 0.15) is 30.5 Å². The Bertz CT molecular complexity index is 1790. The van der Waals surface area contributed by atoms with Gasteiger partial charge >= 0.3 is 6.03 Å². The number of hydrogen-bond acceptors (Lipinski definition) is 6. The summed E-state index contributed by atoms with van der Waals surface area (Å²) in [5.41, 5.74) is 3.40. The molecule has 0 aliphatic carbocycles. The Morgan fingerprint density at radius 1 is 0.958 bits per heavy atom. The molecule has 2 heterocycles. The number of nitrogens with zero attached hydrogens (tertiary/aromatic N) is 4. The highest BCUT2D eigenvalue weighted by atomic mass is 16.5. The first-order valence-corrected chi connectivity index (χ1v) is 16.1. The van der Waals surface area contributed by atoms with Crippen LogP contribution in [0.2, 0.25) is 0 Å². The minimum atomic E-state index is -0.780. The SMILES string of the molecule is COc1ccc(CNC(=O)N(C(C)C)N2CC(=O)N3[C@@H](Cc4ccc(NC=O)cc4)C(=O)N(Cc4cccc5ccccc45)C[C@@H]32)cc1. The molecule has 6 rings (SSSR count). The number of nitrogens with one attached hydrogen (secondary N) is 2. The summed E-state index contributed by atoms with van der Waals surface area (Å²) in [5.74, 6) is 0.369. The van der Waals surface area contributed by atoms with Gasteiger partial charge in [0.25, 0.3) is 0 Å². The monoisotopic (exact) mass is 648 g/mol. The number of methoxy groups -OCH3 is 1. The first kappa shape index (κ1) is 32.5. The molecule has 4 aromatic rings. The topological polar surface area (TPSA) is 115 Å². The van der Waals surface area contributed by atoms with Gasteiger partial charge in [-0.25, -0.2) is 4.79 Å². The lowest BCUT2D eigenvalue weighted by molar-refractivity contribution is -0.158. The van der Waals surface area contributed by atoms with Crippen LogP contribution in [-0.2, 0) is 33.9 Å². The molecular formula is C37H40N6O5. The number of anilines is 1. The second-order valence-corrected chi connectivity index (χ2v) is 12.4. The largest absolute Gasteiger partial charge is 0.497 e. The molecular weight excluding hydrogens is 608 g/mol. The van der Waals surface area contributed by atoms with Crippen LogP contribution >= 0.6 is 0 Å². The van der Waals surface area contributed by atoms with Gasteiger partial charge in [-0.15, -0.1) is 0 Å². The number of rotatable bonds is 11. The molecule has 0 bridgehead atoms. The normalized spacial score (nSPS) is 17.8. The quantitative estimate of drug-likeness (QED) is 0.234. The van der Waals surface area contributed by atoms with Crippen molar-refractivity contribution in [3.63, 3.8) is 0 Å². The Hall–Kier alpha value is -5.42. The van der Waals surface area contributed by atoms with Crippen LogP contribution in [-0.4, -0.2) is 82.5 Å². The van der Waals surface area contributed by atoms with E-state index in [4.69, 9.17) is 4.74 Å². The van der Waals surface area contributed by atoms with Crippen molar-refractivity contribution < 1.29 is 23.9 Å². The van der Waals surface area contributed by atoms with Gasteiger partial charge in [0, 0.05) is 31.2 Å². The standard InChI is InChI=1S/C37H40N6O5/c1-25(2)43(37(47)38-20-27-13-17-31(48-3)18-14-27)41-23-35(45)42-33(19-26-11-15-30(16-12-26)39-24-44)36(46)40(22-34(41)42)21-29-9-6-8-28-7-4-5-10-32(28)29/h4-18,24-25,33-34H,19-23H2,1-3H3,(H,38,47)(H,39,44)/t33-,34+/m0/s1. The maximum Gasteiger partial charge on any atom is 0.332 e. The maximum absolute atomic E-state index is 14.3. The minimum Gasteiger partial charge on any atom is -0.497 e. The smallest absolute Gasteiger partial charge is 0.332 e. The Morgan fingerprint density at radius 3 is 2.38 bits per heavy atom. The van der Waals surface area contributed by atoms with Crippen molar-refractivity contribution in [1.29, 1.82) is 0 Å². The van der Waals surface area contributed by atoms with Crippen molar-refractivity contribution in [3.8, 4) is 5.75 Å². The van der Waals surface area contributed by atoms with Gasteiger partial charge in [0.1, 0.15) is 18.0 Å². The Kier molecular flexibility index (Phi) is 9.58. The molecule has 0 spiro atoms. The third-order valence-electron chi connectivity index (χ3n) is 8.99. The molecule has 11 heteroatoms. The third kappa shape index (κ3) is 6.68. The van der Waals surface area contributed by atoms with Gasteiger partial charge in [0.15, 0.2) is 0 Å². The zero-order valence-corrected chi connectivity index (χ0v) is 27.3. The van der Waals surface area contributed by atoms with E-state index in [1.165, 1.54) is 0 Å². The number of fused-ring (bicyclic) bond motifs is 2. The molecule has 2 fully saturated rings. The van der Waals surface area contributed by atoms with Crippen molar-refractivity contribution in [1.82, 2.24) is 25.1 Å². The fourth-order valence-electron chi connectivity index (χ4n) is 6.68. The van der Waals surface area contributed by atoms with Gasteiger partial charge in [-0.1, -0.05) is 66.7 Å². The Morgan fingerprint density at radius 2 is 1.67 bits per heavy atom. The fraction of sp³-hybridized carbons (Fsp3) is 0.297. The van der Waals surface area contributed by atoms with Crippen molar-refractivity contribution in [2.45, 2.75) is 51.6 Å². The molecule has 0 saturated carbocycles. The van der Waals surface area contributed by atoms with E-state index in [1.807, 2.05) is 96.6 Å². The van der Waals surface area contributed by atoms with Gasteiger partial charge < -0.3 is 25.2 Å². The predicted molar refractivity (Wildman–Crippen MR) is 183 cm³/mol. The predicted octanol–water partition coefficient (Wildman–Crippen LogP) is 4.38. The first-order valence-electron chi connectivity index (χ1n) is 16.1. The van der Waals surface area contributed by atoms with Crippen LogP contribution < -0.4 is 15.4 Å². The third-order valence-corrected chi connectivity index (χ3v) is 8.99. The highest BCUT2D eigenvalue weighted by Crippen LogP contribution is 2.32. The molecule has 5 amide bonds. The zero-order valence-electron chi connectivity index (χ0n) is 27.3. The summed E-state index contributed by atoms with van der Waals surface area (Å²) >= 11 is 0. The van der Waals surface area contributed by atoms with Crippen molar-refractivity contribution in [2.24, 2.45) is 0 Å². The van der Waals surface area contributed by atoms with Crippen LogP contribution in [0.25, 0.3) is 10.8 Å². The van der Waals surface area contributed by atoms with E-state index in [2.05, 4.69) is 16.7 Å². The van der Waals surface area contributed by atoms with Gasteiger partial charge in [-0.05, 0) is 65.6 Å². The minimum absolute atomic E-state index is 0.0348. The molecule has 0 radical (unpaired) electrons. The van der Waals surface area contributed by atoms with E-state index in [-0.39, 0.29) is 43.4 Å². The number of urea groups is 1. The summed E-state index contributed by atoms with van der Waals surface area (Å²) in [6.07, 6.45) is 0.342. The van der Waals surface area contributed by atoms with Crippen LogP contribution in [0.3, 0.4) is 0 Å². The summed E-state index contributed by atoms with van der Waals surface area (Å²) in [4.78, 5) is 56.3. The summed E-state index contributed by atoms with van der Waals surface area (Å²) in [7, 11) is 1.60. The number of hydrazine groups is 1. The molecule has 2 saturated heterocycles. The number of ether oxygens (including phenoxy) is 1. The fourth-order valence-corrected chi connectivity index (χ4v) is 6.68. The second-order valence-electron chi connectivity index (χ2n) is 12.4. The molecule has 2 aliphatic heterocycles. The Labute approximate surface area is 280 Å². The van der Waals surface area contributed by atoms with E-state index < -0.39 is 12.2 Å². The summed E-state index contributed by atoms with van der Waals surface area (Å²) in [6, 6.07) is 27.5. The van der Waals surface area contributed by atoms with E-state index in [9.17, 15) is 19.2 Å². The van der Waals surface area contributed by atoms with Crippen molar-refractivity contribution >= 4 is 40.7 Å². The molecule has 248 valence electrons. The molecule has 0 aromatic heterocycles. The summed E-state index contributed by atoms with van der Waals surface area (Å²) in [6.45, 7) is 4.68. The Balaban J connectivity index is 1.30. The zero-order chi connectivity index (χ0) is 33.8. The number of piperazine rings is 1. The lowest BCUT2D eigenvalue weighted by Crippen LogP contribution is -2.66. The van der Waals surface area contributed by atoms with E-state index in [0.29, 0.717) is 25.2 Å². The van der Waals surface area contributed by atoms with Gasteiger partial charge in [-0.2, -0.15) is 5.01 Å². The van der Waals surface area contributed by atoms with Gasteiger partial charge in [0.05, 0.1) is 20.2 Å². The summed E-state index contributed by atoms with van der Waals surface area (Å²) < 4.78 is 5.25. The first-order chi connectivity index (χ1) is 23.3. The number of hydrogen-bond donors (Lipinski definition) is 2. The number of carbonyl (C=O) groups excluding carboxylic acids is 4. The van der Waals surface area contributed by atoms with Crippen LogP contribution in [0.4, 0.5) is 10.5 Å². The molecule has 4 aromatic carbocycles. The average Bonchev–Trinajstić information content (AvgIpc) is 3.41. The molecule has 2 atom stereocenters. The molecule has 48 heavy (non-hydrogen) atoms. The number of benzene rings is 4. The highest BCUT2D eigenvalue weighted by molar-refractivity contribution is 5.92. The van der Waals surface area contributed by atoms with E-state index in [0.717, 1.165) is 33.2 Å². The molecule has 11 nitrogen and oxygen atoms in total. The number of amides is 5. The average molecular weight is 649 g/mol. The molecule has 2 N–H and O–H groups in total. The van der Waals surface area contributed by atoms with E-state index >= 15 is 0 Å². The number of carbonyl (C=O) groups is 4. The van der Waals surface area contributed by atoms with Crippen molar-refractivity contribution in [3.05, 3.63) is 108 Å². The van der Waals surface area contributed by atoms with Crippen LogP contribution in [0, 0.1) is 0 Å². The lowest BCUT2D eigenvalue weighted by atomic mass is 9.98. The molecule has 2 aliphatic rings. The van der Waals surface area contributed by atoms with Crippen LogP contribution in [0.15, 0.2) is 91.0 Å². The second kappa shape index (κ2) is 14.1. The maximum atomic E-state index is 14.3.